The zero-order valence-electron chi connectivity index (χ0n) is 39.0. The fourth-order valence-electron chi connectivity index (χ4n) is 7.53. The summed E-state index contributed by atoms with van der Waals surface area (Å²) in [4.78, 5) is 83.7. The zero-order chi connectivity index (χ0) is 53.1. The lowest BCUT2D eigenvalue weighted by molar-refractivity contribution is -0.116. The number of halogens is 4. The molecule has 6 N–H and O–H groups in total. The summed E-state index contributed by atoms with van der Waals surface area (Å²) >= 11 is 9.66. The number of anilines is 6. The van der Waals surface area contributed by atoms with E-state index in [9.17, 15) is 37.5 Å². The number of amides is 6. The van der Waals surface area contributed by atoms with Crippen molar-refractivity contribution < 1.29 is 28.0 Å². The van der Waals surface area contributed by atoms with Crippen molar-refractivity contribution in [1.82, 2.24) is 19.1 Å². The normalized spacial score (nSPS) is 10.5. The summed E-state index contributed by atoms with van der Waals surface area (Å²) in [5.41, 5.74) is 2.06. The number of aromatic nitrogens is 4. The third-order valence-electron chi connectivity index (χ3n) is 10.9. The van der Waals surface area contributed by atoms with Gasteiger partial charge in [0, 0.05) is 86.5 Å². The number of nitrogens with one attached hydrogen (secondary N) is 6. The molecule has 18 nitrogen and oxygen atoms in total. The van der Waals surface area contributed by atoms with Crippen molar-refractivity contribution >= 4 is 108 Å². The van der Waals surface area contributed by atoms with E-state index < -0.39 is 41.1 Å². The lowest BCUT2D eigenvalue weighted by Gasteiger charge is -2.15. The molecule has 74 heavy (non-hydrogen) atoms. The number of hydrogen-bond acceptors (Lipinski definition) is 10. The maximum atomic E-state index is 14.7. The fourth-order valence-corrected chi connectivity index (χ4v) is 8.31. The molecule has 0 fully saturated rings. The summed E-state index contributed by atoms with van der Waals surface area (Å²) in [6.45, 7) is 4.15. The number of para-hydroxylation sites is 2. The molecule has 4 aromatic carbocycles. The molecule has 4 heterocycles. The summed E-state index contributed by atoms with van der Waals surface area (Å²) in [5, 5.41) is 33.7. The minimum Gasteiger partial charge on any atom is -0.310 e. The van der Waals surface area contributed by atoms with Crippen LogP contribution >= 0.6 is 27.5 Å². The van der Waals surface area contributed by atoms with E-state index in [0.717, 1.165) is 6.07 Å². The van der Waals surface area contributed by atoms with Gasteiger partial charge in [-0.15, -0.1) is 0 Å². The van der Waals surface area contributed by atoms with Crippen LogP contribution < -0.4 is 43.0 Å². The van der Waals surface area contributed by atoms with Gasteiger partial charge in [0.15, 0.2) is 0 Å². The smallest absolute Gasteiger partial charge is 0.310 e. The molecule has 0 unspecified atom stereocenters. The second kappa shape index (κ2) is 23.7. The van der Waals surface area contributed by atoms with Gasteiger partial charge in [0.1, 0.15) is 36.1 Å². The molecule has 0 saturated heterocycles. The number of aryl methyl sites for hydroxylation is 2. The summed E-state index contributed by atoms with van der Waals surface area (Å²) in [7, 11) is 0. The first-order valence-corrected chi connectivity index (χ1v) is 23.4. The number of benzene rings is 4. The van der Waals surface area contributed by atoms with Crippen LogP contribution in [0.1, 0.15) is 26.7 Å². The van der Waals surface area contributed by atoms with Crippen LogP contribution in [0.15, 0.2) is 136 Å². The third-order valence-corrected chi connectivity index (χ3v) is 11.8. The Labute approximate surface area is 432 Å². The number of fused-ring (bicyclic) bond motifs is 2. The van der Waals surface area contributed by atoms with Crippen molar-refractivity contribution in [2.75, 3.05) is 31.9 Å². The quantitative estimate of drug-likeness (QED) is 0.0674. The lowest BCUT2D eigenvalue weighted by Crippen LogP contribution is -2.22. The summed E-state index contributed by atoms with van der Waals surface area (Å²) in [5.74, 6) is -2.09. The predicted molar refractivity (Wildman–Crippen MR) is 283 cm³/mol. The van der Waals surface area contributed by atoms with Crippen molar-refractivity contribution in [3.63, 3.8) is 0 Å². The summed E-state index contributed by atoms with van der Waals surface area (Å²) in [6, 6.07) is 30.7. The number of carbonyl (C=O) groups is 4. The van der Waals surface area contributed by atoms with Gasteiger partial charge in [0.05, 0.1) is 39.6 Å². The van der Waals surface area contributed by atoms with E-state index in [1.807, 2.05) is 0 Å². The monoisotopic (exact) mass is 1080 g/mol. The van der Waals surface area contributed by atoms with Crippen molar-refractivity contribution in [3.8, 4) is 34.4 Å². The van der Waals surface area contributed by atoms with Crippen LogP contribution in [-0.2, 0) is 22.7 Å². The van der Waals surface area contributed by atoms with Gasteiger partial charge in [-0.05, 0) is 74.5 Å². The van der Waals surface area contributed by atoms with Crippen LogP contribution in [0.25, 0.3) is 44.1 Å². The Kier molecular flexibility index (Phi) is 16.8. The Hall–Kier alpha value is -9.31. The molecule has 0 radical (unpaired) electrons. The standard InChI is InChI=1S/C26H20BrFN6O3.C26H20ClFN6O3/c2*1-2-34-22-13-23(33-24(35)8-9-29)30-14-15(22)10-18(25(34)36)17-11-21(20(28)12-19(17)27)32-26(37)31-16-6-4-3-5-7-16/h2*3-7,10-14H,2,8H2,1H3,(H,30,33,35)(H2,31,32,37). The van der Waals surface area contributed by atoms with E-state index in [-0.39, 0.29) is 69.7 Å². The molecule has 4 aromatic heterocycles. The first-order chi connectivity index (χ1) is 35.6. The van der Waals surface area contributed by atoms with E-state index in [2.05, 4.69) is 57.8 Å². The third kappa shape index (κ3) is 12.4. The molecule has 372 valence electrons. The van der Waals surface area contributed by atoms with Gasteiger partial charge < -0.3 is 41.0 Å². The SMILES string of the molecule is CCn1c(=O)c(-c2cc(NC(=O)Nc3ccccc3)c(F)cc2Br)cc2cnc(NC(=O)CC#N)cc21.CCn1c(=O)c(-c2cc(NC(=O)Nc3ccccc3)c(F)cc2Cl)cc2cnc(NC(=O)CC#N)cc21. The number of hydrogen-bond donors (Lipinski definition) is 6. The Morgan fingerprint density at radius 2 is 1.00 bits per heavy atom. The van der Waals surface area contributed by atoms with Gasteiger partial charge in [-0.2, -0.15) is 10.5 Å². The van der Waals surface area contributed by atoms with Gasteiger partial charge in [-0.1, -0.05) is 63.9 Å². The van der Waals surface area contributed by atoms with Crippen LogP contribution in [0.2, 0.25) is 5.02 Å². The van der Waals surface area contributed by atoms with Gasteiger partial charge in [0.25, 0.3) is 11.1 Å². The van der Waals surface area contributed by atoms with Crippen molar-refractivity contribution in [2.45, 2.75) is 39.8 Å². The molecule has 0 atom stereocenters. The van der Waals surface area contributed by atoms with Crippen molar-refractivity contribution in [3.05, 3.63) is 163 Å². The fraction of sp³-hybridized carbons (Fsp3) is 0.115. The van der Waals surface area contributed by atoms with E-state index in [1.54, 1.807) is 105 Å². The number of urea groups is 2. The van der Waals surface area contributed by atoms with Crippen molar-refractivity contribution in [1.29, 1.82) is 10.5 Å². The molecular formula is C52H40BrClF2N12O6. The zero-order valence-corrected chi connectivity index (χ0v) is 41.4. The Bertz CT molecular complexity index is 3470. The average molecular weight is 1080 g/mol. The van der Waals surface area contributed by atoms with E-state index in [4.69, 9.17) is 22.1 Å². The van der Waals surface area contributed by atoms with Gasteiger partial charge in [-0.25, -0.2) is 28.3 Å². The molecule has 0 bridgehead atoms. The minimum absolute atomic E-state index is 0.0148. The predicted octanol–water partition coefficient (Wildman–Crippen LogP) is 10.9. The second-order valence-electron chi connectivity index (χ2n) is 15.8. The van der Waals surface area contributed by atoms with Crippen LogP contribution in [0.4, 0.5) is 52.8 Å². The lowest BCUT2D eigenvalue weighted by atomic mass is 10.0. The van der Waals surface area contributed by atoms with Crippen LogP contribution in [0, 0.1) is 34.3 Å². The van der Waals surface area contributed by atoms with E-state index in [1.165, 1.54) is 45.8 Å². The molecule has 0 saturated carbocycles. The summed E-state index contributed by atoms with van der Waals surface area (Å²) < 4.78 is 32.7. The minimum atomic E-state index is -0.770. The molecule has 0 aliphatic rings. The first-order valence-electron chi connectivity index (χ1n) is 22.3. The summed E-state index contributed by atoms with van der Waals surface area (Å²) in [6.07, 6.45) is 2.31. The van der Waals surface area contributed by atoms with Crippen LogP contribution in [0.5, 0.6) is 0 Å². The van der Waals surface area contributed by atoms with Crippen LogP contribution in [0.3, 0.4) is 0 Å². The number of pyridine rings is 4. The maximum Gasteiger partial charge on any atom is 0.323 e. The Morgan fingerprint density at radius 3 is 1.43 bits per heavy atom. The number of carbonyl (C=O) groups excluding carboxylic acids is 4. The molecule has 8 aromatic rings. The molecular weight excluding hydrogens is 1040 g/mol. The van der Waals surface area contributed by atoms with Gasteiger partial charge in [-0.3, -0.25) is 19.2 Å². The molecule has 8 rings (SSSR count). The molecule has 0 aliphatic heterocycles. The highest BCUT2D eigenvalue weighted by atomic mass is 79.9. The molecule has 22 heteroatoms. The highest BCUT2D eigenvalue weighted by Crippen LogP contribution is 2.35. The van der Waals surface area contributed by atoms with Crippen molar-refractivity contribution in [2.24, 2.45) is 0 Å². The average Bonchev–Trinajstić information content (AvgIpc) is 3.36. The maximum absolute atomic E-state index is 14.7. The first kappa shape index (κ1) is 52.5. The number of nitriles is 2. The molecule has 6 amide bonds. The van der Waals surface area contributed by atoms with E-state index in [0.29, 0.717) is 49.8 Å². The van der Waals surface area contributed by atoms with E-state index >= 15 is 0 Å². The topological polar surface area (TPSA) is 258 Å². The second-order valence-corrected chi connectivity index (χ2v) is 17.0. The number of nitrogens with zero attached hydrogens (tertiary/aromatic N) is 6. The molecule has 0 spiro atoms. The number of rotatable bonds is 12. The molecule has 0 aliphatic carbocycles. The van der Waals surface area contributed by atoms with Crippen LogP contribution in [-0.4, -0.2) is 43.0 Å². The Morgan fingerprint density at radius 1 is 0.581 bits per heavy atom. The Balaban J connectivity index is 0.000000216. The highest BCUT2D eigenvalue weighted by molar-refractivity contribution is 9.10. The van der Waals surface area contributed by atoms with Gasteiger partial charge >= 0.3 is 12.1 Å². The highest BCUT2D eigenvalue weighted by Gasteiger charge is 2.20. The van der Waals surface area contributed by atoms with Gasteiger partial charge in [0.2, 0.25) is 11.8 Å². The largest absolute Gasteiger partial charge is 0.323 e.